The molecule has 0 aliphatic carbocycles. The number of halogens is 2. The van der Waals surface area contributed by atoms with Crippen LogP contribution in [-0.2, 0) is 11.2 Å². The van der Waals surface area contributed by atoms with E-state index in [4.69, 9.17) is 0 Å². The first kappa shape index (κ1) is 20.0. The zero-order valence-corrected chi connectivity index (χ0v) is 14.7. The third-order valence-electron chi connectivity index (χ3n) is 2.82. The number of amides is 1. The largest absolute Gasteiger partial charge is 0.355 e. The minimum atomic E-state index is 0. The van der Waals surface area contributed by atoms with Crippen LogP contribution in [0, 0.1) is 6.92 Å². The van der Waals surface area contributed by atoms with Gasteiger partial charge in [0.05, 0.1) is 11.0 Å². The van der Waals surface area contributed by atoms with Crippen LogP contribution in [0.15, 0.2) is 5.38 Å². The second-order valence-electron chi connectivity index (χ2n) is 4.40. The van der Waals surface area contributed by atoms with Crippen molar-refractivity contribution in [3.8, 4) is 0 Å². The van der Waals surface area contributed by atoms with E-state index in [1.165, 1.54) is 5.01 Å². The molecular formula is C12H21Cl2N3OS2. The Morgan fingerprint density at radius 3 is 2.90 bits per heavy atom. The van der Waals surface area contributed by atoms with E-state index in [1.807, 2.05) is 6.92 Å². The Kier molecular flexibility index (Phi) is 10.7. The summed E-state index contributed by atoms with van der Waals surface area (Å²) in [6.07, 6.45) is 3.12. The number of hydrogen-bond acceptors (Lipinski definition) is 5. The van der Waals surface area contributed by atoms with Crippen LogP contribution in [0.5, 0.6) is 0 Å². The third-order valence-corrected chi connectivity index (χ3v) is 4.78. The lowest BCUT2D eigenvalue weighted by Crippen LogP contribution is -2.42. The standard InChI is InChI=1S/C12H19N3OS2.2ClH/c1-9-6-18-11(15-9)4-2-3-5-13-12(16)10-7-17-8-14-10;;/h6,10,14H,2-5,7-8H2,1H3,(H,13,16);2*1H. The van der Waals surface area contributed by atoms with Gasteiger partial charge >= 0.3 is 0 Å². The molecule has 1 atom stereocenters. The van der Waals surface area contributed by atoms with E-state index >= 15 is 0 Å². The number of rotatable bonds is 6. The van der Waals surface area contributed by atoms with Gasteiger partial charge in [-0.3, -0.25) is 10.1 Å². The molecule has 0 saturated carbocycles. The van der Waals surface area contributed by atoms with Crippen LogP contribution < -0.4 is 10.6 Å². The first-order valence-electron chi connectivity index (χ1n) is 6.25. The molecule has 2 N–H and O–H groups in total. The van der Waals surface area contributed by atoms with Crippen LogP contribution in [0.1, 0.15) is 23.5 Å². The maximum atomic E-state index is 11.7. The van der Waals surface area contributed by atoms with Gasteiger partial charge in [-0.05, 0) is 26.2 Å². The molecule has 1 unspecified atom stereocenters. The van der Waals surface area contributed by atoms with Crippen molar-refractivity contribution < 1.29 is 4.79 Å². The highest BCUT2D eigenvalue weighted by atomic mass is 35.5. The lowest BCUT2D eigenvalue weighted by molar-refractivity contribution is -0.122. The van der Waals surface area contributed by atoms with Crippen LogP contribution >= 0.6 is 47.9 Å². The van der Waals surface area contributed by atoms with E-state index in [0.717, 1.165) is 43.1 Å². The van der Waals surface area contributed by atoms with Crippen molar-refractivity contribution in [1.82, 2.24) is 15.6 Å². The van der Waals surface area contributed by atoms with E-state index in [0.29, 0.717) is 0 Å². The summed E-state index contributed by atoms with van der Waals surface area (Å²) >= 11 is 3.50. The third kappa shape index (κ3) is 6.63. The Balaban J connectivity index is 0.00000180. The summed E-state index contributed by atoms with van der Waals surface area (Å²) in [6, 6.07) is 0.0108. The van der Waals surface area contributed by atoms with Gasteiger partial charge in [-0.25, -0.2) is 4.98 Å². The molecule has 2 rings (SSSR count). The molecule has 0 spiro atoms. The van der Waals surface area contributed by atoms with Crippen LogP contribution in [0.3, 0.4) is 0 Å². The summed E-state index contributed by atoms with van der Waals surface area (Å²) < 4.78 is 0. The second-order valence-corrected chi connectivity index (χ2v) is 6.38. The van der Waals surface area contributed by atoms with Crippen molar-refractivity contribution in [2.75, 3.05) is 18.2 Å². The average molecular weight is 358 g/mol. The fourth-order valence-electron chi connectivity index (χ4n) is 1.82. The first-order chi connectivity index (χ1) is 8.75. The van der Waals surface area contributed by atoms with E-state index in [9.17, 15) is 4.79 Å². The maximum absolute atomic E-state index is 11.7. The number of unbranched alkanes of at least 4 members (excludes halogenated alkanes) is 1. The van der Waals surface area contributed by atoms with Crippen molar-refractivity contribution in [1.29, 1.82) is 0 Å². The quantitative estimate of drug-likeness (QED) is 0.767. The van der Waals surface area contributed by atoms with Crippen molar-refractivity contribution in [3.63, 3.8) is 0 Å². The summed E-state index contributed by atoms with van der Waals surface area (Å²) in [7, 11) is 0. The topological polar surface area (TPSA) is 54.0 Å². The fourth-order valence-corrected chi connectivity index (χ4v) is 3.58. The molecule has 0 aromatic carbocycles. The molecule has 1 amide bonds. The lowest BCUT2D eigenvalue weighted by atomic mass is 10.2. The van der Waals surface area contributed by atoms with Crippen LogP contribution in [0.2, 0.25) is 0 Å². The lowest BCUT2D eigenvalue weighted by Gasteiger charge is -2.09. The molecule has 0 bridgehead atoms. The summed E-state index contributed by atoms with van der Waals surface area (Å²) in [4.78, 5) is 16.1. The molecule has 1 aliphatic heterocycles. The molecule has 1 aliphatic rings. The number of aromatic nitrogens is 1. The number of carbonyl (C=O) groups is 1. The summed E-state index contributed by atoms with van der Waals surface area (Å²) in [5.41, 5.74) is 1.10. The maximum Gasteiger partial charge on any atom is 0.238 e. The zero-order chi connectivity index (χ0) is 12.8. The van der Waals surface area contributed by atoms with Crippen molar-refractivity contribution >= 4 is 53.8 Å². The van der Waals surface area contributed by atoms with Crippen molar-refractivity contribution in [3.05, 3.63) is 16.1 Å². The molecule has 116 valence electrons. The predicted octanol–water partition coefficient (Wildman–Crippen LogP) is 2.40. The van der Waals surface area contributed by atoms with Crippen LogP contribution in [-0.4, -0.2) is 35.1 Å². The van der Waals surface area contributed by atoms with E-state index in [-0.39, 0.29) is 36.8 Å². The van der Waals surface area contributed by atoms with Gasteiger partial charge in [0.1, 0.15) is 0 Å². The van der Waals surface area contributed by atoms with Crippen molar-refractivity contribution in [2.24, 2.45) is 0 Å². The smallest absolute Gasteiger partial charge is 0.238 e. The highest BCUT2D eigenvalue weighted by Gasteiger charge is 2.21. The number of hydrogen-bond donors (Lipinski definition) is 2. The normalized spacial score (nSPS) is 17.1. The molecule has 8 heteroatoms. The van der Waals surface area contributed by atoms with Gasteiger partial charge < -0.3 is 5.32 Å². The van der Waals surface area contributed by atoms with E-state index < -0.39 is 0 Å². The van der Waals surface area contributed by atoms with Gasteiger partial charge in [0.15, 0.2) is 0 Å². The monoisotopic (exact) mass is 357 g/mol. The Morgan fingerprint density at radius 2 is 2.30 bits per heavy atom. The molecule has 1 saturated heterocycles. The molecular weight excluding hydrogens is 337 g/mol. The molecule has 2 heterocycles. The van der Waals surface area contributed by atoms with E-state index in [1.54, 1.807) is 23.1 Å². The minimum Gasteiger partial charge on any atom is -0.355 e. The average Bonchev–Trinajstić information content (AvgIpc) is 2.99. The number of aryl methyl sites for hydroxylation is 2. The van der Waals surface area contributed by atoms with Crippen molar-refractivity contribution in [2.45, 2.75) is 32.2 Å². The van der Waals surface area contributed by atoms with Gasteiger partial charge in [-0.1, -0.05) is 0 Å². The highest BCUT2D eigenvalue weighted by molar-refractivity contribution is 7.99. The molecule has 0 radical (unpaired) electrons. The number of nitrogens with one attached hydrogen (secondary N) is 2. The minimum absolute atomic E-state index is 0. The summed E-state index contributed by atoms with van der Waals surface area (Å²) in [6.45, 7) is 2.79. The van der Waals surface area contributed by atoms with Gasteiger partial charge in [-0.15, -0.1) is 47.9 Å². The number of nitrogens with zero attached hydrogens (tertiary/aromatic N) is 1. The van der Waals surface area contributed by atoms with Crippen LogP contribution in [0.4, 0.5) is 0 Å². The zero-order valence-electron chi connectivity index (χ0n) is 11.4. The SMILES string of the molecule is Cc1csc(CCCCNC(=O)C2CSCN2)n1.Cl.Cl. The van der Waals surface area contributed by atoms with Gasteiger partial charge in [0.25, 0.3) is 0 Å². The van der Waals surface area contributed by atoms with Gasteiger partial charge in [0, 0.05) is 29.2 Å². The number of thiazole rings is 1. The first-order valence-corrected chi connectivity index (χ1v) is 8.29. The van der Waals surface area contributed by atoms with Gasteiger partial charge in [0.2, 0.25) is 5.91 Å². The molecule has 20 heavy (non-hydrogen) atoms. The highest BCUT2D eigenvalue weighted by Crippen LogP contribution is 2.12. The molecule has 1 aromatic rings. The Hall–Kier alpha value is -0.0100. The van der Waals surface area contributed by atoms with Gasteiger partial charge in [-0.2, -0.15) is 0 Å². The fraction of sp³-hybridized carbons (Fsp3) is 0.667. The summed E-state index contributed by atoms with van der Waals surface area (Å²) in [5.74, 6) is 1.93. The number of carbonyl (C=O) groups excluding carboxylic acids is 1. The van der Waals surface area contributed by atoms with Crippen LogP contribution in [0.25, 0.3) is 0 Å². The second kappa shape index (κ2) is 10.7. The molecule has 1 aromatic heterocycles. The Morgan fingerprint density at radius 1 is 1.50 bits per heavy atom. The molecule has 4 nitrogen and oxygen atoms in total. The Labute approximate surface area is 140 Å². The predicted molar refractivity (Wildman–Crippen MR) is 91.5 cm³/mol. The number of thioether (sulfide) groups is 1. The summed E-state index contributed by atoms with van der Waals surface area (Å²) in [5, 5.41) is 9.44. The van der Waals surface area contributed by atoms with E-state index in [2.05, 4.69) is 21.0 Å². The Bertz CT molecular complexity index is 398. The molecule has 1 fully saturated rings.